The monoisotopic (exact) mass is 361 g/mol. The first kappa shape index (κ1) is 16.4. The van der Waals surface area contributed by atoms with Crippen molar-refractivity contribution >= 4 is 34.8 Å². The molecule has 122 valence electrons. The van der Waals surface area contributed by atoms with Gasteiger partial charge in [-0.25, -0.2) is 9.97 Å². The molecule has 3 rings (SSSR count). The second-order valence-electron chi connectivity index (χ2n) is 4.95. The average molecular weight is 362 g/mol. The highest BCUT2D eigenvalue weighted by molar-refractivity contribution is 6.42. The smallest absolute Gasteiger partial charge is 0.227 e. The Morgan fingerprint density at radius 3 is 2.33 bits per heavy atom. The Hall–Kier alpha value is -2.50. The molecule has 0 atom stereocenters. The minimum atomic E-state index is 0.198. The zero-order chi connectivity index (χ0) is 16.9. The number of aromatic hydroxyl groups is 1. The largest absolute Gasteiger partial charge is 0.508 e. The van der Waals surface area contributed by atoms with Crippen molar-refractivity contribution in [1.29, 1.82) is 0 Å². The van der Waals surface area contributed by atoms with Crippen molar-refractivity contribution in [2.45, 2.75) is 6.61 Å². The van der Waals surface area contributed by atoms with Crippen LogP contribution in [0.1, 0.15) is 5.56 Å². The lowest BCUT2D eigenvalue weighted by Gasteiger charge is -2.08. The summed E-state index contributed by atoms with van der Waals surface area (Å²) in [6, 6.07) is 11.7. The first-order chi connectivity index (χ1) is 11.6. The molecule has 5 nitrogen and oxygen atoms in total. The molecule has 1 aromatic heterocycles. The molecule has 0 aliphatic rings. The van der Waals surface area contributed by atoms with Gasteiger partial charge in [0.05, 0.1) is 10.0 Å². The summed E-state index contributed by atoms with van der Waals surface area (Å²) in [6.07, 6.45) is 3.35. The summed E-state index contributed by atoms with van der Waals surface area (Å²) in [4.78, 5) is 8.47. The van der Waals surface area contributed by atoms with Crippen LogP contribution in [0.5, 0.6) is 11.5 Å². The third-order valence-electron chi connectivity index (χ3n) is 3.12. The Balaban J connectivity index is 1.60. The van der Waals surface area contributed by atoms with Gasteiger partial charge in [0.1, 0.15) is 18.1 Å². The number of hydrogen-bond acceptors (Lipinski definition) is 5. The highest BCUT2D eigenvalue weighted by atomic mass is 35.5. The first-order valence-electron chi connectivity index (χ1n) is 7.05. The van der Waals surface area contributed by atoms with Crippen LogP contribution in [0.3, 0.4) is 0 Å². The molecule has 7 heteroatoms. The van der Waals surface area contributed by atoms with E-state index in [-0.39, 0.29) is 5.75 Å². The predicted molar refractivity (Wildman–Crippen MR) is 94.2 cm³/mol. The maximum Gasteiger partial charge on any atom is 0.227 e. The van der Waals surface area contributed by atoms with Crippen molar-refractivity contribution in [2.75, 3.05) is 5.32 Å². The quantitative estimate of drug-likeness (QED) is 0.682. The third kappa shape index (κ3) is 4.28. The molecule has 0 amide bonds. The van der Waals surface area contributed by atoms with Gasteiger partial charge in [-0.15, -0.1) is 0 Å². The Bertz CT molecular complexity index is 824. The van der Waals surface area contributed by atoms with Crippen LogP contribution >= 0.6 is 23.2 Å². The maximum atomic E-state index is 9.23. The molecule has 3 aromatic rings. The molecule has 0 aliphatic carbocycles. The van der Waals surface area contributed by atoms with E-state index in [4.69, 9.17) is 27.9 Å². The van der Waals surface area contributed by atoms with Gasteiger partial charge in [-0.2, -0.15) is 0 Å². The summed E-state index contributed by atoms with van der Waals surface area (Å²) >= 11 is 11.8. The summed E-state index contributed by atoms with van der Waals surface area (Å²) in [6.45, 7) is 0.331. The molecular formula is C17H13Cl2N3O2. The number of nitrogens with one attached hydrogen (secondary N) is 1. The second kappa shape index (κ2) is 7.38. The maximum absolute atomic E-state index is 9.23. The van der Waals surface area contributed by atoms with E-state index in [2.05, 4.69) is 15.3 Å². The van der Waals surface area contributed by atoms with Crippen molar-refractivity contribution in [3.05, 3.63) is 70.5 Å². The number of aromatic nitrogens is 2. The van der Waals surface area contributed by atoms with Gasteiger partial charge in [-0.3, -0.25) is 0 Å². The number of hydrogen-bond donors (Lipinski definition) is 2. The van der Waals surface area contributed by atoms with E-state index in [9.17, 15) is 5.11 Å². The fourth-order valence-corrected chi connectivity index (χ4v) is 2.20. The number of phenols is 1. The molecule has 0 radical (unpaired) electrons. The number of halogens is 2. The van der Waals surface area contributed by atoms with E-state index >= 15 is 0 Å². The minimum Gasteiger partial charge on any atom is -0.508 e. The van der Waals surface area contributed by atoms with E-state index in [1.54, 1.807) is 54.9 Å². The van der Waals surface area contributed by atoms with E-state index < -0.39 is 0 Å². The van der Waals surface area contributed by atoms with Gasteiger partial charge < -0.3 is 15.2 Å². The molecule has 2 aromatic carbocycles. The standard InChI is InChI=1S/C17H13Cl2N3O2/c18-15-6-1-12(7-16(15)19)22-17-20-8-11(9-21-17)10-24-14-4-2-13(23)3-5-14/h1-9,23H,10H2,(H,20,21,22). The fourth-order valence-electron chi connectivity index (χ4n) is 1.91. The zero-order valence-corrected chi connectivity index (χ0v) is 13.9. The van der Waals surface area contributed by atoms with Crippen molar-refractivity contribution in [2.24, 2.45) is 0 Å². The van der Waals surface area contributed by atoms with Gasteiger partial charge in [-0.1, -0.05) is 23.2 Å². The van der Waals surface area contributed by atoms with Crippen molar-refractivity contribution in [3.8, 4) is 11.5 Å². The van der Waals surface area contributed by atoms with Gasteiger partial charge in [0, 0.05) is 23.6 Å². The molecule has 0 bridgehead atoms. The van der Waals surface area contributed by atoms with E-state index in [1.807, 2.05) is 0 Å². The zero-order valence-electron chi connectivity index (χ0n) is 12.4. The highest BCUT2D eigenvalue weighted by Gasteiger charge is 2.03. The van der Waals surface area contributed by atoms with Crippen LogP contribution in [-0.4, -0.2) is 15.1 Å². The number of benzene rings is 2. The average Bonchev–Trinajstić information content (AvgIpc) is 2.59. The number of ether oxygens (including phenoxy) is 1. The summed E-state index contributed by atoms with van der Waals surface area (Å²) in [5.74, 6) is 1.30. The van der Waals surface area contributed by atoms with Crippen LogP contribution in [0.15, 0.2) is 54.9 Å². The Morgan fingerprint density at radius 1 is 0.958 bits per heavy atom. The van der Waals surface area contributed by atoms with Crippen molar-refractivity contribution < 1.29 is 9.84 Å². The van der Waals surface area contributed by atoms with Crippen LogP contribution < -0.4 is 10.1 Å². The molecule has 24 heavy (non-hydrogen) atoms. The topological polar surface area (TPSA) is 67.3 Å². The summed E-state index contributed by atoms with van der Waals surface area (Å²) in [7, 11) is 0. The van der Waals surface area contributed by atoms with E-state index in [0.717, 1.165) is 11.3 Å². The summed E-state index contributed by atoms with van der Waals surface area (Å²) in [5.41, 5.74) is 1.57. The fraction of sp³-hybridized carbons (Fsp3) is 0.0588. The van der Waals surface area contributed by atoms with Crippen LogP contribution in [0, 0.1) is 0 Å². The molecule has 0 spiro atoms. The van der Waals surface area contributed by atoms with Gasteiger partial charge in [-0.05, 0) is 42.5 Å². The Labute approximate surface area is 148 Å². The second-order valence-corrected chi connectivity index (χ2v) is 5.77. The first-order valence-corrected chi connectivity index (χ1v) is 7.80. The predicted octanol–water partition coefficient (Wildman–Crippen LogP) is 4.81. The lowest BCUT2D eigenvalue weighted by Crippen LogP contribution is -2.00. The van der Waals surface area contributed by atoms with Crippen LogP contribution in [0.2, 0.25) is 10.0 Å². The molecule has 0 aliphatic heterocycles. The Morgan fingerprint density at radius 2 is 1.67 bits per heavy atom. The highest BCUT2D eigenvalue weighted by Crippen LogP contribution is 2.26. The van der Waals surface area contributed by atoms with Gasteiger partial charge in [0.2, 0.25) is 5.95 Å². The molecule has 0 fully saturated rings. The number of anilines is 2. The van der Waals surface area contributed by atoms with Crippen LogP contribution in [0.4, 0.5) is 11.6 Å². The van der Waals surface area contributed by atoms with E-state index in [1.165, 1.54) is 0 Å². The van der Waals surface area contributed by atoms with Gasteiger partial charge >= 0.3 is 0 Å². The normalized spacial score (nSPS) is 10.4. The third-order valence-corrected chi connectivity index (χ3v) is 3.86. The molecule has 1 heterocycles. The lowest BCUT2D eigenvalue weighted by molar-refractivity contribution is 0.304. The SMILES string of the molecule is Oc1ccc(OCc2cnc(Nc3ccc(Cl)c(Cl)c3)nc2)cc1. The summed E-state index contributed by atoms with van der Waals surface area (Å²) in [5, 5.41) is 13.2. The van der Waals surface area contributed by atoms with Gasteiger partial charge in [0.15, 0.2) is 0 Å². The van der Waals surface area contributed by atoms with E-state index in [0.29, 0.717) is 28.3 Å². The number of phenolic OH excluding ortho intramolecular Hbond substituents is 1. The Kier molecular flexibility index (Phi) is 5.03. The van der Waals surface area contributed by atoms with Crippen molar-refractivity contribution in [3.63, 3.8) is 0 Å². The molecule has 0 saturated heterocycles. The van der Waals surface area contributed by atoms with Crippen LogP contribution in [0.25, 0.3) is 0 Å². The molecule has 0 saturated carbocycles. The van der Waals surface area contributed by atoms with Gasteiger partial charge in [0.25, 0.3) is 0 Å². The number of rotatable bonds is 5. The molecule has 2 N–H and O–H groups in total. The minimum absolute atomic E-state index is 0.198. The van der Waals surface area contributed by atoms with Crippen molar-refractivity contribution in [1.82, 2.24) is 9.97 Å². The molecule has 0 unspecified atom stereocenters. The lowest BCUT2D eigenvalue weighted by atomic mass is 10.3. The number of nitrogens with zero attached hydrogens (tertiary/aromatic N) is 2. The van der Waals surface area contributed by atoms with Crippen LogP contribution in [-0.2, 0) is 6.61 Å². The summed E-state index contributed by atoms with van der Waals surface area (Å²) < 4.78 is 5.59. The molecular weight excluding hydrogens is 349 g/mol.